The number of aryl methyl sites for hydroxylation is 1. The summed E-state index contributed by atoms with van der Waals surface area (Å²) in [4.78, 5) is 22.5. The molecule has 1 aliphatic rings. The van der Waals surface area contributed by atoms with Crippen LogP contribution >= 0.6 is 23.2 Å². The number of imidazole rings is 1. The number of nitrogens with one attached hydrogen (secondary N) is 1. The fraction of sp³-hybridized carbons (Fsp3) is 0.333. The van der Waals surface area contributed by atoms with Gasteiger partial charge in [0.05, 0.1) is 16.1 Å². The van der Waals surface area contributed by atoms with Crippen LogP contribution in [-0.4, -0.2) is 40.5 Å². The van der Waals surface area contributed by atoms with E-state index in [1.165, 1.54) is 5.56 Å². The number of hydrogen-bond acceptors (Lipinski definition) is 3. The van der Waals surface area contributed by atoms with Gasteiger partial charge < -0.3 is 14.6 Å². The monoisotopic (exact) mass is 417 g/mol. The third kappa shape index (κ3) is 4.10. The summed E-state index contributed by atoms with van der Waals surface area (Å²) in [6.45, 7) is 3.42. The van der Waals surface area contributed by atoms with Gasteiger partial charge in [0.1, 0.15) is 11.6 Å². The number of aromatic nitrogens is 2. The first-order valence-electron chi connectivity index (χ1n) is 9.31. The Morgan fingerprint density at radius 2 is 2.00 bits per heavy atom. The first-order chi connectivity index (χ1) is 13.5. The van der Waals surface area contributed by atoms with Crippen LogP contribution in [0.4, 0.5) is 0 Å². The van der Waals surface area contributed by atoms with Gasteiger partial charge in [-0.3, -0.25) is 4.79 Å². The van der Waals surface area contributed by atoms with E-state index in [0.29, 0.717) is 34.8 Å². The minimum absolute atomic E-state index is 0.0318. The maximum absolute atomic E-state index is 12.5. The fourth-order valence-corrected chi connectivity index (χ4v) is 4.02. The number of benzene rings is 2. The third-order valence-corrected chi connectivity index (χ3v) is 5.67. The smallest absolute Gasteiger partial charge is 0.260 e. The molecule has 0 saturated carbocycles. The number of ether oxygens (including phenoxy) is 1. The van der Waals surface area contributed by atoms with Crippen molar-refractivity contribution < 1.29 is 9.53 Å². The van der Waals surface area contributed by atoms with Crippen LogP contribution < -0.4 is 4.74 Å². The first-order valence-corrected chi connectivity index (χ1v) is 10.1. The van der Waals surface area contributed by atoms with Crippen LogP contribution in [0.2, 0.25) is 10.0 Å². The van der Waals surface area contributed by atoms with Gasteiger partial charge in [-0.1, -0.05) is 29.3 Å². The second kappa shape index (κ2) is 8.02. The van der Waals surface area contributed by atoms with Gasteiger partial charge >= 0.3 is 0 Å². The van der Waals surface area contributed by atoms with Crippen LogP contribution in [0.25, 0.3) is 11.0 Å². The summed E-state index contributed by atoms with van der Waals surface area (Å²) in [5.41, 5.74) is 3.28. The lowest BCUT2D eigenvalue weighted by atomic mass is 9.96. The largest absolute Gasteiger partial charge is 0.482 e. The van der Waals surface area contributed by atoms with Crippen molar-refractivity contribution in [3.8, 4) is 5.75 Å². The van der Waals surface area contributed by atoms with Gasteiger partial charge in [-0.05, 0) is 55.7 Å². The van der Waals surface area contributed by atoms with E-state index < -0.39 is 0 Å². The van der Waals surface area contributed by atoms with E-state index in [0.717, 1.165) is 29.7 Å². The van der Waals surface area contributed by atoms with Gasteiger partial charge in [0.25, 0.3) is 5.91 Å². The number of aromatic amines is 1. The molecule has 0 bridgehead atoms. The Kier molecular flexibility index (Phi) is 5.47. The summed E-state index contributed by atoms with van der Waals surface area (Å²) < 4.78 is 5.57. The van der Waals surface area contributed by atoms with Crippen molar-refractivity contribution >= 4 is 40.1 Å². The molecule has 3 aromatic rings. The molecular weight excluding hydrogens is 397 g/mol. The Morgan fingerprint density at radius 1 is 1.21 bits per heavy atom. The lowest BCUT2D eigenvalue weighted by Crippen LogP contribution is -2.40. The van der Waals surface area contributed by atoms with Gasteiger partial charge in [-0.2, -0.15) is 0 Å². The van der Waals surface area contributed by atoms with Gasteiger partial charge in [0.2, 0.25) is 0 Å². The highest BCUT2D eigenvalue weighted by atomic mass is 35.5. The fourth-order valence-electron chi connectivity index (χ4n) is 3.56. The highest BCUT2D eigenvalue weighted by Gasteiger charge is 2.26. The number of carbonyl (C=O) groups is 1. The van der Waals surface area contributed by atoms with E-state index in [-0.39, 0.29) is 12.5 Å². The highest BCUT2D eigenvalue weighted by molar-refractivity contribution is 6.35. The summed E-state index contributed by atoms with van der Waals surface area (Å²) in [6, 6.07) is 11.2. The number of hydrogen-bond donors (Lipinski definition) is 1. The lowest BCUT2D eigenvalue weighted by Gasteiger charge is -2.31. The van der Waals surface area contributed by atoms with E-state index >= 15 is 0 Å². The molecule has 2 heterocycles. The molecule has 7 heteroatoms. The number of rotatable bonds is 4. The molecule has 146 valence electrons. The number of H-pyrrole nitrogens is 1. The molecule has 0 aliphatic carbocycles. The third-order valence-electron chi connectivity index (χ3n) is 5.14. The zero-order valence-electron chi connectivity index (χ0n) is 15.5. The molecule has 1 saturated heterocycles. The molecule has 1 aromatic heterocycles. The van der Waals surface area contributed by atoms with E-state index in [2.05, 4.69) is 24.0 Å². The number of amides is 1. The predicted octanol–water partition coefficient (Wildman–Crippen LogP) is 4.96. The first kappa shape index (κ1) is 19.1. The summed E-state index contributed by atoms with van der Waals surface area (Å²) >= 11 is 12.0. The van der Waals surface area contributed by atoms with Crippen molar-refractivity contribution in [2.75, 3.05) is 19.7 Å². The Labute approximate surface area is 173 Å². The van der Waals surface area contributed by atoms with Crippen molar-refractivity contribution in [2.24, 2.45) is 0 Å². The number of fused-ring (bicyclic) bond motifs is 1. The lowest BCUT2D eigenvalue weighted by molar-refractivity contribution is -0.134. The topological polar surface area (TPSA) is 58.2 Å². The zero-order valence-corrected chi connectivity index (χ0v) is 17.1. The highest BCUT2D eigenvalue weighted by Crippen LogP contribution is 2.29. The zero-order chi connectivity index (χ0) is 19.7. The number of halogens is 2. The van der Waals surface area contributed by atoms with Gasteiger partial charge in [0, 0.05) is 24.0 Å². The van der Waals surface area contributed by atoms with E-state index in [1.54, 1.807) is 18.2 Å². The molecule has 28 heavy (non-hydrogen) atoms. The maximum atomic E-state index is 12.5. The molecule has 1 fully saturated rings. The average molecular weight is 418 g/mol. The van der Waals surface area contributed by atoms with Gasteiger partial charge in [0.15, 0.2) is 6.61 Å². The molecule has 0 spiro atoms. The Bertz CT molecular complexity index is 1010. The van der Waals surface area contributed by atoms with Crippen LogP contribution in [0, 0.1) is 6.92 Å². The number of piperidine rings is 1. The molecule has 0 atom stereocenters. The van der Waals surface area contributed by atoms with Gasteiger partial charge in [-0.15, -0.1) is 0 Å². The van der Waals surface area contributed by atoms with Crippen molar-refractivity contribution in [1.29, 1.82) is 0 Å². The quantitative estimate of drug-likeness (QED) is 0.652. The maximum Gasteiger partial charge on any atom is 0.260 e. The van der Waals surface area contributed by atoms with Crippen molar-refractivity contribution in [3.05, 3.63) is 57.8 Å². The molecule has 0 unspecified atom stereocenters. The molecule has 1 amide bonds. The Morgan fingerprint density at radius 3 is 2.75 bits per heavy atom. The summed E-state index contributed by atoms with van der Waals surface area (Å²) in [6.07, 6.45) is 1.76. The van der Waals surface area contributed by atoms with Crippen molar-refractivity contribution in [3.63, 3.8) is 0 Å². The van der Waals surface area contributed by atoms with E-state index in [9.17, 15) is 4.79 Å². The van der Waals surface area contributed by atoms with Crippen LogP contribution in [0.5, 0.6) is 5.75 Å². The standard InChI is InChI=1S/C21H21Cl2N3O2/c1-13-2-4-17-18(10-13)25-21(24-17)14-6-8-26(9-7-14)20(27)12-28-19-5-3-15(22)11-16(19)23/h2-5,10-11,14H,6-9,12H2,1H3,(H,24,25). The normalized spacial score (nSPS) is 15.2. The summed E-state index contributed by atoms with van der Waals surface area (Å²) in [5, 5.41) is 0.936. The van der Waals surface area contributed by atoms with E-state index in [1.807, 2.05) is 11.0 Å². The predicted molar refractivity (Wildman–Crippen MR) is 111 cm³/mol. The molecule has 4 rings (SSSR count). The van der Waals surface area contributed by atoms with Crippen LogP contribution in [-0.2, 0) is 4.79 Å². The van der Waals surface area contributed by atoms with Crippen LogP contribution in [0.3, 0.4) is 0 Å². The summed E-state index contributed by atoms with van der Waals surface area (Å²) in [5.74, 6) is 1.77. The Balaban J connectivity index is 1.33. The van der Waals surface area contributed by atoms with E-state index in [4.69, 9.17) is 32.9 Å². The molecule has 1 N–H and O–H groups in total. The molecule has 2 aromatic carbocycles. The van der Waals surface area contributed by atoms with Gasteiger partial charge in [-0.25, -0.2) is 4.98 Å². The second-order valence-corrected chi connectivity index (χ2v) is 8.00. The second-order valence-electron chi connectivity index (χ2n) is 7.16. The average Bonchev–Trinajstić information content (AvgIpc) is 3.10. The Hall–Kier alpha value is -2.24. The number of carbonyl (C=O) groups excluding carboxylic acids is 1. The minimum Gasteiger partial charge on any atom is -0.482 e. The molecule has 5 nitrogen and oxygen atoms in total. The van der Waals surface area contributed by atoms with Crippen molar-refractivity contribution in [1.82, 2.24) is 14.9 Å². The van der Waals surface area contributed by atoms with Crippen LogP contribution in [0.1, 0.15) is 30.1 Å². The summed E-state index contributed by atoms with van der Waals surface area (Å²) in [7, 11) is 0. The van der Waals surface area contributed by atoms with Crippen LogP contribution in [0.15, 0.2) is 36.4 Å². The minimum atomic E-state index is -0.0373. The number of nitrogens with zero attached hydrogens (tertiary/aromatic N) is 2. The molecule has 1 aliphatic heterocycles. The molecule has 0 radical (unpaired) electrons. The molecular formula is C21H21Cl2N3O2. The SMILES string of the molecule is Cc1ccc2nc(C3CCN(C(=O)COc4ccc(Cl)cc4Cl)CC3)[nH]c2c1. The van der Waals surface area contributed by atoms with Crippen molar-refractivity contribution in [2.45, 2.75) is 25.7 Å². The number of likely N-dealkylation sites (tertiary alicyclic amines) is 1.